The van der Waals surface area contributed by atoms with E-state index in [1.165, 1.54) is 24.3 Å². The monoisotopic (exact) mass is 213 g/mol. The molecule has 0 bridgehead atoms. The number of aromatic nitrogens is 1. The Labute approximate surface area is 87.9 Å². The summed E-state index contributed by atoms with van der Waals surface area (Å²) in [6.45, 7) is -0.0481. The molecule has 1 aromatic rings. The summed E-state index contributed by atoms with van der Waals surface area (Å²) in [5.74, 6) is 4.61. The van der Waals surface area contributed by atoms with Crippen LogP contribution in [0.2, 0.25) is 0 Å². The summed E-state index contributed by atoms with van der Waals surface area (Å²) in [7, 11) is 0. The Hall–Kier alpha value is -0.480. The van der Waals surface area contributed by atoms with Crippen molar-refractivity contribution in [2.75, 3.05) is 11.5 Å². The van der Waals surface area contributed by atoms with E-state index in [1.54, 1.807) is 6.20 Å². The molecule has 1 fully saturated rings. The minimum absolute atomic E-state index is 0.0481. The van der Waals surface area contributed by atoms with Gasteiger partial charge in [-0.15, -0.1) is 0 Å². The molecule has 0 amide bonds. The Morgan fingerprint density at radius 1 is 1.50 bits per heavy atom. The second kappa shape index (κ2) is 4.84. The van der Waals surface area contributed by atoms with Crippen LogP contribution in [0.3, 0.4) is 0 Å². The van der Waals surface area contributed by atoms with Crippen molar-refractivity contribution in [2.24, 2.45) is 5.92 Å². The molecule has 4 heteroatoms. The summed E-state index contributed by atoms with van der Waals surface area (Å²) >= 11 is 2.03. The van der Waals surface area contributed by atoms with Crippen LogP contribution in [-0.2, 0) is 13.0 Å². The summed E-state index contributed by atoms with van der Waals surface area (Å²) in [6, 6.07) is 0. The van der Waals surface area contributed by atoms with Gasteiger partial charge >= 0.3 is 0 Å². The highest BCUT2D eigenvalue weighted by Gasteiger charge is 2.16. The first kappa shape index (κ1) is 10.1. The molecule has 1 N–H and O–H groups in total. The maximum absolute atomic E-state index is 8.82. The minimum Gasteiger partial charge on any atom is -0.443 e. The average molecular weight is 213 g/mol. The zero-order valence-corrected chi connectivity index (χ0v) is 8.92. The van der Waals surface area contributed by atoms with Crippen molar-refractivity contribution in [1.29, 1.82) is 0 Å². The summed E-state index contributed by atoms with van der Waals surface area (Å²) in [5.41, 5.74) is 0. The summed E-state index contributed by atoms with van der Waals surface area (Å²) in [4.78, 5) is 4.15. The number of aliphatic hydroxyl groups excluding tert-OH is 1. The number of nitrogens with zero attached hydrogens (tertiary/aromatic N) is 1. The Morgan fingerprint density at radius 2 is 2.29 bits per heavy atom. The van der Waals surface area contributed by atoms with Crippen LogP contribution >= 0.6 is 11.8 Å². The first-order valence-corrected chi connectivity index (χ1v) is 6.16. The van der Waals surface area contributed by atoms with E-state index < -0.39 is 0 Å². The Bertz CT molecular complexity index is 281. The lowest BCUT2D eigenvalue weighted by Gasteiger charge is -2.19. The number of aliphatic hydroxyl groups is 1. The van der Waals surface area contributed by atoms with Crippen molar-refractivity contribution >= 4 is 11.8 Å². The van der Waals surface area contributed by atoms with Crippen molar-refractivity contribution in [3.8, 4) is 0 Å². The smallest absolute Gasteiger partial charge is 0.194 e. The van der Waals surface area contributed by atoms with Crippen molar-refractivity contribution < 1.29 is 9.52 Å². The number of hydrogen-bond acceptors (Lipinski definition) is 4. The van der Waals surface area contributed by atoms with Gasteiger partial charge in [0.2, 0.25) is 0 Å². The molecule has 1 aliphatic heterocycles. The fraction of sp³-hybridized carbons (Fsp3) is 0.700. The van der Waals surface area contributed by atoms with E-state index in [4.69, 9.17) is 9.52 Å². The summed E-state index contributed by atoms with van der Waals surface area (Å²) < 4.78 is 5.37. The molecule has 1 aromatic heterocycles. The molecule has 0 saturated carbocycles. The molecule has 1 saturated heterocycles. The standard InChI is InChI=1S/C10H15NO2S/c12-7-9-6-11-10(13-9)5-8-1-3-14-4-2-8/h6,8,12H,1-5,7H2. The van der Waals surface area contributed by atoms with E-state index in [0.29, 0.717) is 5.76 Å². The van der Waals surface area contributed by atoms with Crippen LogP contribution in [0.1, 0.15) is 24.5 Å². The third-order valence-corrected chi connectivity index (χ3v) is 3.61. The van der Waals surface area contributed by atoms with Gasteiger partial charge in [0.25, 0.3) is 0 Å². The van der Waals surface area contributed by atoms with Gasteiger partial charge in [0.1, 0.15) is 12.4 Å². The normalized spacial score (nSPS) is 18.6. The summed E-state index contributed by atoms with van der Waals surface area (Å²) in [6.07, 6.45) is 5.08. The van der Waals surface area contributed by atoms with E-state index >= 15 is 0 Å². The molecular weight excluding hydrogens is 198 g/mol. The summed E-state index contributed by atoms with van der Waals surface area (Å²) in [5, 5.41) is 8.82. The van der Waals surface area contributed by atoms with Crippen LogP contribution in [0.25, 0.3) is 0 Å². The highest BCUT2D eigenvalue weighted by molar-refractivity contribution is 7.99. The lowest BCUT2D eigenvalue weighted by Crippen LogP contribution is -2.12. The molecule has 2 rings (SSSR count). The van der Waals surface area contributed by atoms with Gasteiger partial charge in [-0.05, 0) is 30.3 Å². The lowest BCUT2D eigenvalue weighted by molar-refractivity contribution is 0.241. The average Bonchev–Trinajstić information content (AvgIpc) is 2.67. The predicted octanol–water partition coefficient (Wildman–Crippen LogP) is 1.85. The number of oxazole rings is 1. The lowest BCUT2D eigenvalue weighted by atomic mass is 9.99. The number of rotatable bonds is 3. The zero-order chi connectivity index (χ0) is 9.80. The van der Waals surface area contributed by atoms with E-state index in [9.17, 15) is 0 Å². The third-order valence-electron chi connectivity index (χ3n) is 2.56. The Morgan fingerprint density at radius 3 is 2.93 bits per heavy atom. The molecule has 14 heavy (non-hydrogen) atoms. The van der Waals surface area contributed by atoms with Crippen molar-refractivity contribution in [2.45, 2.75) is 25.9 Å². The number of thioether (sulfide) groups is 1. The van der Waals surface area contributed by atoms with Gasteiger partial charge in [-0.1, -0.05) is 0 Å². The molecule has 0 aliphatic carbocycles. The maximum atomic E-state index is 8.82. The molecule has 0 aromatic carbocycles. The first-order valence-electron chi connectivity index (χ1n) is 5.00. The minimum atomic E-state index is -0.0481. The van der Waals surface area contributed by atoms with Crippen LogP contribution in [-0.4, -0.2) is 21.6 Å². The van der Waals surface area contributed by atoms with Gasteiger partial charge in [-0.2, -0.15) is 11.8 Å². The predicted molar refractivity (Wildman–Crippen MR) is 56.2 cm³/mol. The quantitative estimate of drug-likeness (QED) is 0.832. The molecule has 2 heterocycles. The van der Waals surface area contributed by atoms with Gasteiger partial charge in [-0.25, -0.2) is 4.98 Å². The molecular formula is C10H15NO2S. The van der Waals surface area contributed by atoms with E-state index in [-0.39, 0.29) is 6.61 Å². The van der Waals surface area contributed by atoms with E-state index in [2.05, 4.69) is 4.98 Å². The molecule has 0 unspecified atom stereocenters. The molecule has 1 aliphatic rings. The second-order valence-corrected chi connectivity index (χ2v) is 4.86. The van der Waals surface area contributed by atoms with Crippen LogP contribution < -0.4 is 0 Å². The fourth-order valence-corrected chi connectivity index (χ4v) is 2.92. The Kier molecular flexibility index (Phi) is 3.48. The molecule has 3 nitrogen and oxygen atoms in total. The second-order valence-electron chi connectivity index (χ2n) is 3.64. The zero-order valence-electron chi connectivity index (χ0n) is 8.11. The van der Waals surface area contributed by atoms with Crippen molar-refractivity contribution in [3.05, 3.63) is 17.8 Å². The van der Waals surface area contributed by atoms with Crippen molar-refractivity contribution in [1.82, 2.24) is 4.98 Å². The highest BCUT2D eigenvalue weighted by Crippen LogP contribution is 2.25. The highest BCUT2D eigenvalue weighted by atomic mass is 32.2. The van der Waals surface area contributed by atoms with Crippen molar-refractivity contribution in [3.63, 3.8) is 0 Å². The van der Waals surface area contributed by atoms with Crippen LogP contribution in [0.4, 0.5) is 0 Å². The van der Waals surface area contributed by atoms with E-state index in [1.807, 2.05) is 11.8 Å². The van der Waals surface area contributed by atoms with Gasteiger partial charge in [0.05, 0.1) is 6.20 Å². The van der Waals surface area contributed by atoms with Gasteiger partial charge < -0.3 is 9.52 Å². The van der Waals surface area contributed by atoms with Gasteiger partial charge in [0, 0.05) is 6.42 Å². The third kappa shape index (κ3) is 2.51. The van der Waals surface area contributed by atoms with Gasteiger partial charge in [-0.3, -0.25) is 0 Å². The van der Waals surface area contributed by atoms with E-state index in [0.717, 1.165) is 18.2 Å². The number of hydrogen-bond donors (Lipinski definition) is 1. The Balaban J connectivity index is 1.89. The fourth-order valence-electron chi connectivity index (χ4n) is 1.71. The maximum Gasteiger partial charge on any atom is 0.194 e. The first-order chi connectivity index (χ1) is 6.88. The van der Waals surface area contributed by atoms with Crippen LogP contribution in [0.15, 0.2) is 10.6 Å². The topological polar surface area (TPSA) is 46.3 Å². The largest absolute Gasteiger partial charge is 0.443 e. The van der Waals surface area contributed by atoms with Gasteiger partial charge in [0.15, 0.2) is 5.89 Å². The SMILES string of the molecule is OCc1cnc(CC2CCSCC2)o1. The molecule has 0 atom stereocenters. The molecule has 0 radical (unpaired) electrons. The van der Waals surface area contributed by atoms with Crippen LogP contribution in [0, 0.1) is 5.92 Å². The molecule has 0 spiro atoms. The molecule has 78 valence electrons. The van der Waals surface area contributed by atoms with Crippen LogP contribution in [0.5, 0.6) is 0 Å².